The van der Waals surface area contributed by atoms with Crippen molar-refractivity contribution in [3.05, 3.63) is 11.6 Å². The second kappa shape index (κ2) is 8.71. The van der Waals surface area contributed by atoms with Crippen molar-refractivity contribution < 1.29 is 0 Å². The van der Waals surface area contributed by atoms with Crippen LogP contribution in [0.2, 0.25) is 0 Å². The summed E-state index contributed by atoms with van der Waals surface area (Å²) in [5.41, 5.74) is 1.46. The van der Waals surface area contributed by atoms with Crippen LogP contribution in [-0.4, -0.2) is 49.6 Å². The second-order valence-corrected chi connectivity index (χ2v) is 6.25. The number of hydrogen-bond donors (Lipinski definition) is 0. The number of rotatable bonds is 6. The smallest absolute Gasteiger partial charge is 0.0109 e. The van der Waals surface area contributed by atoms with Crippen LogP contribution in [0.4, 0.5) is 0 Å². The zero-order valence-corrected chi connectivity index (χ0v) is 12.9. The zero-order valence-electron chi connectivity index (χ0n) is 12.9. The Hall–Kier alpha value is -0.340. The van der Waals surface area contributed by atoms with Gasteiger partial charge in [-0.05, 0) is 72.1 Å². The van der Waals surface area contributed by atoms with Crippen molar-refractivity contribution in [2.24, 2.45) is 5.92 Å². The van der Waals surface area contributed by atoms with Crippen LogP contribution in [0.25, 0.3) is 0 Å². The van der Waals surface area contributed by atoms with E-state index in [9.17, 15) is 0 Å². The minimum absolute atomic E-state index is 0.863. The van der Waals surface area contributed by atoms with Gasteiger partial charge in [0.05, 0.1) is 0 Å². The SMILES string of the molecule is CC(C)=CCCC(C)CCN1CCCN(C)CC1. The summed E-state index contributed by atoms with van der Waals surface area (Å²) in [5, 5.41) is 0. The molecule has 18 heavy (non-hydrogen) atoms. The van der Waals surface area contributed by atoms with Crippen LogP contribution >= 0.6 is 0 Å². The van der Waals surface area contributed by atoms with Gasteiger partial charge in [-0.3, -0.25) is 0 Å². The van der Waals surface area contributed by atoms with Gasteiger partial charge < -0.3 is 9.80 Å². The van der Waals surface area contributed by atoms with Crippen LogP contribution < -0.4 is 0 Å². The van der Waals surface area contributed by atoms with Gasteiger partial charge in [0, 0.05) is 13.1 Å². The maximum atomic E-state index is 2.65. The molecule has 0 N–H and O–H groups in total. The quantitative estimate of drug-likeness (QED) is 0.669. The van der Waals surface area contributed by atoms with Gasteiger partial charge in [0.15, 0.2) is 0 Å². The fraction of sp³-hybridized carbons (Fsp3) is 0.875. The Labute approximate surface area is 114 Å². The summed E-state index contributed by atoms with van der Waals surface area (Å²) < 4.78 is 0. The van der Waals surface area contributed by atoms with Gasteiger partial charge in [-0.2, -0.15) is 0 Å². The second-order valence-electron chi connectivity index (χ2n) is 6.25. The maximum Gasteiger partial charge on any atom is 0.0109 e. The maximum absolute atomic E-state index is 2.65. The Balaban J connectivity index is 2.13. The Bertz CT molecular complexity index is 243. The Morgan fingerprint density at radius 1 is 1.11 bits per heavy atom. The Morgan fingerprint density at radius 2 is 1.89 bits per heavy atom. The molecule has 1 heterocycles. The van der Waals surface area contributed by atoms with E-state index in [4.69, 9.17) is 0 Å². The lowest BCUT2D eigenvalue weighted by atomic mass is 10.0. The van der Waals surface area contributed by atoms with E-state index in [1.165, 1.54) is 64.0 Å². The monoisotopic (exact) mass is 252 g/mol. The molecule has 1 aliphatic heterocycles. The molecular weight excluding hydrogens is 220 g/mol. The van der Waals surface area contributed by atoms with E-state index in [1.807, 2.05) is 0 Å². The number of nitrogens with zero attached hydrogens (tertiary/aromatic N) is 2. The molecule has 1 unspecified atom stereocenters. The first kappa shape index (κ1) is 15.7. The first-order chi connectivity index (χ1) is 8.58. The molecule has 0 saturated carbocycles. The van der Waals surface area contributed by atoms with Crippen LogP contribution in [0.5, 0.6) is 0 Å². The molecule has 1 fully saturated rings. The molecule has 1 saturated heterocycles. The van der Waals surface area contributed by atoms with Crippen molar-refractivity contribution in [3.8, 4) is 0 Å². The van der Waals surface area contributed by atoms with Gasteiger partial charge in [0.2, 0.25) is 0 Å². The highest BCUT2D eigenvalue weighted by atomic mass is 15.2. The van der Waals surface area contributed by atoms with Crippen LogP contribution in [0.3, 0.4) is 0 Å². The van der Waals surface area contributed by atoms with Crippen LogP contribution in [0.1, 0.15) is 46.5 Å². The van der Waals surface area contributed by atoms with Crippen molar-refractivity contribution >= 4 is 0 Å². The van der Waals surface area contributed by atoms with Crippen molar-refractivity contribution in [2.75, 3.05) is 39.8 Å². The molecule has 0 aromatic carbocycles. The van der Waals surface area contributed by atoms with Crippen molar-refractivity contribution in [2.45, 2.75) is 46.5 Å². The van der Waals surface area contributed by atoms with E-state index in [1.54, 1.807) is 0 Å². The predicted octanol–water partition coefficient (Wildman–Crippen LogP) is 3.40. The van der Waals surface area contributed by atoms with E-state index in [0.29, 0.717) is 0 Å². The Kier molecular flexibility index (Phi) is 7.60. The van der Waals surface area contributed by atoms with E-state index in [2.05, 4.69) is 43.7 Å². The topological polar surface area (TPSA) is 6.48 Å². The average Bonchev–Trinajstić information content (AvgIpc) is 2.51. The standard InChI is InChI=1S/C16H32N2/c1-15(2)7-5-8-16(3)9-12-18-11-6-10-17(4)13-14-18/h7,16H,5-6,8-14H2,1-4H3. The minimum Gasteiger partial charge on any atom is -0.305 e. The number of likely N-dealkylation sites (N-methyl/N-ethyl adjacent to an activating group) is 1. The van der Waals surface area contributed by atoms with Crippen LogP contribution in [0, 0.1) is 5.92 Å². The minimum atomic E-state index is 0.863. The molecule has 0 aromatic heterocycles. The molecular formula is C16H32N2. The van der Waals surface area contributed by atoms with Gasteiger partial charge in [0.1, 0.15) is 0 Å². The van der Waals surface area contributed by atoms with E-state index in [0.717, 1.165) is 5.92 Å². The molecule has 106 valence electrons. The highest BCUT2D eigenvalue weighted by molar-refractivity contribution is 4.92. The molecule has 1 rings (SSSR count). The summed E-state index contributed by atoms with van der Waals surface area (Å²) in [6.07, 6.45) is 7.67. The third-order valence-corrected chi connectivity index (χ3v) is 3.96. The molecule has 0 aromatic rings. The molecule has 0 aliphatic carbocycles. The molecule has 0 amide bonds. The highest BCUT2D eigenvalue weighted by Crippen LogP contribution is 2.13. The van der Waals surface area contributed by atoms with E-state index >= 15 is 0 Å². The zero-order chi connectivity index (χ0) is 13.4. The van der Waals surface area contributed by atoms with Crippen molar-refractivity contribution in [1.29, 1.82) is 0 Å². The molecule has 0 radical (unpaired) electrons. The molecule has 1 atom stereocenters. The number of allylic oxidation sites excluding steroid dienone is 2. The average molecular weight is 252 g/mol. The normalized spacial score (nSPS) is 20.4. The van der Waals surface area contributed by atoms with Gasteiger partial charge in [-0.25, -0.2) is 0 Å². The number of hydrogen-bond acceptors (Lipinski definition) is 2. The largest absolute Gasteiger partial charge is 0.305 e. The summed E-state index contributed by atoms with van der Waals surface area (Å²) in [6, 6.07) is 0. The molecule has 0 spiro atoms. The van der Waals surface area contributed by atoms with Crippen molar-refractivity contribution in [3.63, 3.8) is 0 Å². The van der Waals surface area contributed by atoms with Gasteiger partial charge in [0.25, 0.3) is 0 Å². The van der Waals surface area contributed by atoms with Gasteiger partial charge in [-0.15, -0.1) is 0 Å². The van der Waals surface area contributed by atoms with E-state index < -0.39 is 0 Å². The lowest BCUT2D eigenvalue weighted by molar-refractivity contribution is 0.256. The predicted molar refractivity (Wildman–Crippen MR) is 81.0 cm³/mol. The third-order valence-electron chi connectivity index (χ3n) is 3.96. The fourth-order valence-electron chi connectivity index (χ4n) is 2.53. The molecule has 0 bridgehead atoms. The third kappa shape index (κ3) is 7.17. The Morgan fingerprint density at radius 3 is 2.61 bits per heavy atom. The van der Waals surface area contributed by atoms with E-state index in [-0.39, 0.29) is 0 Å². The summed E-state index contributed by atoms with van der Waals surface area (Å²) in [6.45, 7) is 13.2. The summed E-state index contributed by atoms with van der Waals surface area (Å²) in [5.74, 6) is 0.863. The summed E-state index contributed by atoms with van der Waals surface area (Å²) >= 11 is 0. The molecule has 1 aliphatic rings. The molecule has 2 heteroatoms. The van der Waals surface area contributed by atoms with Crippen LogP contribution in [-0.2, 0) is 0 Å². The van der Waals surface area contributed by atoms with Crippen LogP contribution in [0.15, 0.2) is 11.6 Å². The van der Waals surface area contributed by atoms with Gasteiger partial charge >= 0.3 is 0 Å². The lowest BCUT2D eigenvalue weighted by Crippen LogP contribution is -2.30. The molecule has 2 nitrogen and oxygen atoms in total. The first-order valence-corrected chi connectivity index (χ1v) is 7.62. The lowest BCUT2D eigenvalue weighted by Gasteiger charge is -2.22. The fourth-order valence-corrected chi connectivity index (χ4v) is 2.53. The summed E-state index contributed by atoms with van der Waals surface area (Å²) in [7, 11) is 2.24. The van der Waals surface area contributed by atoms with Crippen molar-refractivity contribution in [1.82, 2.24) is 9.80 Å². The van der Waals surface area contributed by atoms with Gasteiger partial charge in [-0.1, -0.05) is 18.6 Å². The summed E-state index contributed by atoms with van der Waals surface area (Å²) in [4.78, 5) is 5.11. The highest BCUT2D eigenvalue weighted by Gasteiger charge is 2.12. The first-order valence-electron chi connectivity index (χ1n) is 7.62.